The van der Waals surface area contributed by atoms with Crippen molar-refractivity contribution in [1.29, 1.82) is 0 Å². The summed E-state index contributed by atoms with van der Waals surface area (Å²) in [5.74, 6) is 0. The summed E-state index contributed by atoms with van der Waals surface area (Å²) in [5.41, 5.74) is 2.29. The predicted molar refractivity (Wildman–Crippen MR) is 103 cm³/mol. The fraction of sp³-hybridized carbons (Fsp3) is 0.667. The fourth-order valence-corrected chi connectivity index (χ4v) is 3.65. The van der Waals surface area contributed by atoms with Gasteiger partial charge in [-0.3, -0.25) is 9.58 Å². The van der Waals surface area contributed by atoms with Crippen molar-refractivity contribution in [3.05, 3.63) is 18.0 Å². The summed E-state index contributed by atoms with van der Waals surface area (Å²) in [6.07, 6.45) is 2.07. The predicted octanol–water partition coefficient (Wildman–Crippen LogP) is 3.11. The monoisotopic (exact) mass is 363 g/mol. The van der Waals surface area contributed by atoms with Crippen LogP contribution in [0.4, 0.5) is 5.13 Å². The topological polar surface area (TPSA) is 55.2 Å². The molecule has 1 aliphatic rings. The third-order valence-electron chi connectivity index (χ3n) is 4.19. The standard InChI is InChI=1S/C18H29N5OS/c1-14-16(25-17(20-14)19-13-18(2,3)4)15-5-6-23(21-15)8-7-22-9-11-24-12-10-22/h5-6H,7-13H2,1-4H3,(H,19,20). The van der Waals surface area contributed by atoms with Gasteiger partial charge in [-0.1, -0.05) is 32.1 Å². The van der Waals surface area contributed by atoms with Crippen LogP contribution in [-0.4, -0.2) is 59.1 Å². The van der Waals surface area contributed by atoms with E-state index in [1.807, 2.05) is 4.68 Å². The van der Waals surface area contributed by atoms with Gasteiger partial charge in [0.25, 0.3) is 0 Å². The van der Waals surface area contributed by atoms with Crippen LogP contribution in [0.1, 0.15) is 26.5 Å². The number of rotatable bonds is 6. The van der Waals surface area contributed by atoms with Gasteiger partial charge < -0.3 is 10.1 Å². The molecule has 138 valence electrons. The molecule has 1 saturated heterocycles. The third-order valence-corrected chi connectivity index (χ3v) is 5.33. The lowest BCUT2D eigenvalue weighted by molar-refractivity contribution is 0.0360. The first-order chi connectivity index (χ1) is 11.9. The Balaban J connectivity index is 1.60. The quantitative estimate of drug-likeness (QED) is 0.855. The first-order valence-corrected chi connectivity index (χ1v) is 9.78. The molecule has 0 bridgehead atoms. The summed E-state index contributed by atoms with van der Waals surface area (Å²) < 4.78 is 7.43. The molecule has 2 aromatic heterocycles. The van der Waals surface area contributed by atoms with E-state index in [1.165, 1.54) is 0 Å². The smallest absolute Gasteiger partial charge is 0.183 e. The van der Waals surface area contributed by atoms with Gasteiger partial charge in [-0.25, -0.2) is 4.98 Å². The SMILES string of the molecule is Cc1nc(NCC(C)(C)C)sc1-c1ccn(CCN2CCOCC2)n1. The molecule has 6 nitrogen and oxygen atoms in total. The molecule has 1 aliphatic heterocycles. The van der Waals surface area contributed by atoms with Crippen LogP contribution < -0.4 is 5.32 Å². The van der Waals surface area contributed by atoms with Crippen LogP contribution in [0, 0.1) is 12.3 Å². The number of aromatic nitrogens is 3. The molecule has 0 spiro atoms. The molecule has 0 atom stereocenters. The lowest BCUT2D eigenvalue weighted by Crippen LogP contribution is -2.38. The summed E-state index contributed by atoms with van der Waals surface area (Å²) in [7, 11) is 0. The van der Waals surface area contributed by atoms with E-state index >= 15 is 0 Å². The van der Waals surface area contributed by atoms with Crippen molar-refractivity contribution in [2.75, 3.05) is 44.7 Å². The van der Waals surface area contributed by atoms with Gasteiger partial charge in [0.2, 0.25) is 0 Å². The number of morpholine rings is 1. The van der Waals surface area contributed by atoms with E-state index in [2.05, 4.69) is 55.2 Å². The van der Waals surface area contributed by atoms with Gasteiger partial charge >= 0.3 is 0 Å². The highest BCUT2D eigenvalue weighted by molar-refractivity contribution is 7.19. The van der Waals surface area contributed by atoms with Gasteiger partial charge in [0.05, 0.1) is 30.3 Å². The minimum atomic E-state index is 0.237. The maximum atomic E-state index is 5.39. The van der Waals surface area contributed by atoms with Crippen molar-refractivity contribution in [3.63, 3.8) is 0 Å². The number of ether oxygens (including phenoxy) is 1. The van der Waals surface area contributed by atoms with Crippen molar-refractivity contribution in [3.8, 4) is 10.6 Å². The molecule has 1 fully saturated rings. The second kappa shape index (κ2) is 7.85. The number of nitrogens with one attached hydrogen (secondary N) is 1. The summed E-state index contributed by atoms with van der Waals surface area (Å²) in [5, 5.41) is 9.17. The lowest BCUT2D eigenvalue weighted by Gasteiger charge is -2.26. The van der Waals surface area contributed by atoms with Gasteiger partial charge in [0.15, 0.2) is 5.13 Å². The van der Waals surface area contributed by atoms with E-state index in [1.54, 1.807) is 11.3 Å². The zero-order chi connectivity index (χ0) is 17.9. The molecule has 3 heterocycles. The summed E-state index contributed by atoms with van der Waals surface area (Å²) in [4.78, 5) is 8.24. The molecular weight excluding hydrogens is 334 g/mol. The Bertz CT molecular complexity index is 682. The molecule has 0 unspecified atom stereocenters. The minimum Gasteiger partial charge on any atom is -0.379 e. The molecule has 1 N–H and O–H groups in total. The van der Waals surface area contributed by atoms with Crippen LogP contribution in [0.25, 0.3) is 10.6 Å². The Morgan fingerprint density at radius 3 is 2.72 bits per heavy atom. The van der Waals surface area contributed by atoms with Gasteiger partial charge in [0, 0.05) is 32.4 Å². The van der Waals surface area contributed by atoms with Gasteiger partial charge in [-0.15, -0.1) is 0 Å². The van der Waals surface area contributed by atoms with Crippen LogP contribution in [0.3, 0.4) is 0 Å². The van der Waals surface area contributed by atoms with Crippen molar-refractivity contribution in [1.82, 2.24) is 19.7 Å². The van der Waals surface area contributed by atoms with Crippen LogP contribution >= 0.6 is 11.3 Å². The highest BCUT2D eigenvalue weighted by atomic mass is 32.1. The van der Waals surface area contributed by atoms with Crippen LogP contribution in [-0.2, 0) is 11.3 Å². The molecule has 0 aromatic carbocycles. The number of nitrogens with zero attached hydrogens (tertiary/aromatic N) is 4. The van der Waals surface area contributed by atoms with Crippen molar-refractivity contribution in [2.24, 2.45) is 5.41 Å². The van der Waals surface area contributed by atoms with E-state index in [4.69, 9.17) is 9.84 Å². The maximum absolute atomic E-state index is 5.39. The van der Waals surface area contributed by atoms with Crippen molar-refractivity contribution in [2.45, 2.75) is 34.2 Å². The van der Waals surface area contributed by atoms with E-state index in [-0.39, 0.29) is 5.41 Å². The second-order valence-electron chi connectivity index (χ2n) is 7.77. The second-order valence-corrected chi connectivity index (χ2v) is 8.76. The molecule has 25 heavy (non-hydrogen) atoms. The highest BCUT2D eigenvalue weighted by Gasteiger charge is 2.15. The number of anilines is 1. The molecular formula is C18H29N5OS. The number of hydrogen-bond acceptors (Lipinski definition) is 6. The molecule has 0 aliphatic carbocycles. The Kier molecular flexibility index (Phi) is 5.76. The summed E-state index contributed by atoms with van der Waals surface area (Å²) in [6, 6.07) is 2.09. The zero-order valence-electron chi connectivity index (χ0n) is 15.7. The minimum absolute atomic E-state index is 0.237. The molecule has 0 amide bonds. The Morgan fingerprint density at radius 2 is 2.00 bits per heavy atom. The van der Waals surface area contributed by atoms with E-state index in [0.29, 0.717) is 0 Å². The Hall–Kier alpha value is -1.44. The zero-order valence-corrected chi connectivity index (χ0v) is 16.5. The fourth-order valence-electron chi connectivity index (χ4n) is 2.73. The first kappa shape index (κ1) is 18.4. The van der Waals surface area contributed by atoms with Gasteiger partial charge in [0.1, 0.15) is 5.69 Å². The largest absolute Gasteiger partial charge is 0.379 e. The first-order valence-electron chi connectivity index (χ1n) is 8.96. The summed E-state index contributed by atoms with van der Waals surface area (Å²) in [6.45, 7) is 15.3. The normalized spacial score (nSPS) is 16.3. The van der Waals surface area contributed by atoms with Crippen molar-refractivity contribution < 1.29 is 4.74 Å². The Morgan fingerprint density at radius 1 is 1.24 bits per heavy atom. The van der Waals surface area contributed by atoms with Crippen LogP contribution in [0.5, 0.6) is 0 Å². The number of hydrogen-bond donors (Lipinski definition) is 1. The Labute approximate surface area is 154 Å². The third kappa shape index (κ3) is 5.26. The van der Waals surface area contributed by atoms with Crippen molar-refractivity contribution >= 4 is 16.5 Å². The number of aryl methyl sites for hydroxylation is 1. The maximum Gasteiger partial charge on any atom is 0.183 e. The molecule has 0 saturated carbocycles. The summed E-state index contributed by atoms with van der Waals surface area (Å²) >= 11 is 1.69. The number of thiazole rings is 1. The lowest BCUT2D eigenvalue weighted by atomic mass is 9.97. The van der Waals surface area contributed by atoms with E-state index in [9.17, 15) is 0 Å². The highest BCUT2D eigenvalue weighted by Crippen LogP contribution is 2.32. The van der Waals surface area contributed by atoms with Crippen LogP contribution in [0.15, 0.2) is 12.3 Å². The van der Waals surface area contributed by atoms with Gasteiger partial charge in [-0.05, 0) is 18.4 Å². The molecule has 0 radical (unpaired) electrons. The average Bonchev–Trinajstić information content (AvgIpc) is 3.18. The molecule has 2 aromatic rings. The van der Waals surface area contributed by atoms with E-state index < -0.39 is 0 Å². The average molecular weight is 364 g/mol. The molecule has 3 rings (SSSR count). The van der Waals surface area contributed by atoms with Crippen LogP contribution in [0.2, 0.25) is 0 Å². The molecule has 7 heteroatoms. The van der Waals surface area contributed by atoms with E-state index in [0.717, 1.165) is 67.3 Å². The van der Waals surface area contributed by atoms with Gasteiger partial charge in [-0.2, -0.15) is 5.10 Å².